The molecule has 2 aromatic carbocycles. The standard InChI is InChI=1S/C19H23N3O3S/c1-13(25-16-9-8-14-5-2-3-6-15(14)11-16)18(23)21-22-19(26)20-12-17-7-4-10-24-17/h2-3,5-6,8-9,11,13,17H,4,7,10,12H2,1H3,(H,21,23)(H2,20,22,26)/t13-,17+/m0/s1. The number of nitrogens with one attached hydrogen (secondary N) is 3. The number of fused-ring (bicyclic) bond motifs is 1. The lowest BCUT2D eigenvalue weighted by atomic mass is 10.1. The summed E-state index contributed by atoms with van der Waals surface area (Å²) in [6.45, 7) is 3.12. The van der Waals surface area contributed by atoms with E-state index in [0.29, 0.717) is 17.4 Å². The molecule has 2 aromatic rings. The zero-order valence-electron chi connectivity index (χ0n) is 14.7. The number of carbonyl (C=O) groups excluding carboxylic acids is 1. The van der Waals surface area contributed by atoms with Crippen LogP contribution in [0.3, 0.4) is 0 Å². The molecule has 138 valence electrons. The minimum Gasteiger partial charge on any atom is -0.481 e. The summed E-state index contributed by atoms with van der Waals surface area (Å²) in [5, 5.41) is 5.57. The van der Waals surface area contributed by atoms with Gasteiger partial charge in [0.25, 0.3) is 5.91 Å². The Morgan fingerprint density at radius 2 is 2.08 bits per heavy atom. The summed E-state index contributed by atoms with van der Waals surface area (Å²) in [7, 11) is 0. The van der Waals surface area contributed by atoms with Crippen molar-refractivity contribution in [1.82, 2.24) is 16.2 Å². The quantitative estimate of drug-likeness (QED) is 0.552. The second-order valence-corrected chi connectivity index (χ2v) is 6.64. The van der Waals surface area contributed by atoms with Crippen LogP contribution in [0.25, 0.3) is 10.8 Å². The van der Waals surface area contributed by atoms with Crippen molar-refractivity contribution in [1.29, 1.82) is 0 Å². The van der Waals surface area contributed by atoms with Crippen LogP contribution in [0.15, 0.2) is 42.5 Å². The maximum atomic E-state index is 12.2. The van der Waals surface area contributed by atoms with E-state index in [-0.39, 0.29) is 12.0 Å². The second-order valence-electron chi connectivity index (χ2n) is 6.23. The van der Waals surface area contributed by atoms with Crippen molar-refractivity contribution in [3.05, 3.63) is 42.5 Å². The first-order valence-electron chi connectivity index (χ1n) is 8.72. The first kappa shape index (κ1) is 18.4. The van der Waals surface area contributed by atoms with Crippen LogP contribution < -0.4 is 20.9 Å². The number of hydrogen-bond donors (Lipinski definition) is 3. The molecule has 2 atom stereocenters. The predicted molar refractivity (Wildman–Crippen MR) is 105 cm³/mol. The normalized spacial score (nSPS) is 17.5. The predicted octanol–water partition coefficient (Wildman–Crippen LogP) is 2.28. The van der Waals surface area contributed by atoms with Gasteiger partial charge in [-0.3, -0.25) is 15.6 Å². The Kier molecular flexibility index (Phi) is 6.25. The molecule has 7 heteroatoms. The van der Waals surface area contributed by atoms with Crippen LogP contribution in [0.5, 0.6) is 5.75 Å². The highest BCUT2D eigenvalue weighted by atomic mass is 32.1. The summed E-state index contributed by atoms with van der Waals surface area (Å²) in [5.74, 6) is 0.338. The van der Waals surface area contributed by atoms with Gasteiger partial charge in [-0.25, -0.2) is 0 Å². The molecule has 0 unspecified atom stereocenters. The van der Waals surface area contributed by atoms with E-state index in [0.717, 1.165) is 30.2 Å². The summed E-state index contributed by atoms with van der Waals surface area (Å²) in [6.07, 6.45) is 1.62. The van der Waals surface area contributed by atoms with Crippen molar-refractivity contribution in [3.8, 4) is 5.75 Å². The van der Waals surface area contributed by atoms with Gasteiger partial charge in [0.05, 0.1) is 6.10 Å². The minimum absolute atomic E-state index is 0.181. The van der Waals surface area contributed by atoms with Gasteiger partial charge < -0.3 is 14.8 Å². The Labute approximate surface area is 158 Å². The van der Waals surface area contributed by atoms with E-state index in [1.807, 2.05) is 42.5 Å². The van der Waals surface area contributed by atoms with E-state index >= 15 is 0 Å². The average Bonchev–Trinajstić information content (AvgIpc) is 3.18. The smallest absolute Gasteiger partial charge is 0.279 e. The number of ether oxygens (including phenoxy) is 2. The fraction of sp³-hybridized carbons (Fsp3) is 0.368. The topological polar surface area (TPSA) is 71.6 Å². The van der Waals surface area contributed by atoms with Gasteiger partial charge in [0, 0.05) is 13.2 Å². The number of amides is 1. The Bertz CT molecular complexity index is 777. The van der Waals surface area contributed by atoms with E-state index in [1.54, 1.807) is 6.92 Å². The van der Waals surface area contributed by atoms with E-state index < -0.39 is 6.10 Å². The van der Waals surface area contributed by atoms with Crippen molar-refractivity contribution >= 4 is 34.0 Å². The number of thiocarbonyl (C=S) groups is 1. The molecule has 26 heavy (non-hydrogen) atoms. The molecular formula is C19H23N3O3S. The first-order valence-corrected chi connectivity index (χ1v) is 9.13. The van der Waals surface area contributed by atoms with Gasteiger partial charge in [0.2, 0.25) is 0 Å². The summed E-state index contributed by atoms with van der Waals surface area (Å²) < 4.78 is 11.2. The lowest BCUT2D eigenvalue weighted by molar-refractivity contribution is -0.127. The molecule has 1 fully saturated rings. The van der Waals surface area contributed by atoms with Gasteiger partial charge in [-0.15, -0.1) is 0 Å². The highest BCUT2D eigenvalue weighted by Crippen LogP contribution is 2.21. The fourth-order valence-corrected chi connectivity index (χ4v) is 2.91. The molecule has 1 aliphatic rings. The summed E-state index contributed by atoms with van der Waals surface area (Å²) in [4.78, 5) is 12.2. The van der Waals surface area contributed by atoms with Crippen LogP contribution in [-0.4, -0.2) is 36.4 Å². The number of carbonyl (C=O) groups is 1. The monoisotopic (exact) mass is 373 g/mol. The van der Waals surface area contributed by atoms with Crippen LogP contribution in [0.1, 0.15) is 19.8 Å². The zero-order chi connectivity index (χ0) is 18.4. The van der Waals surface area contributed by atoms with Gasteiger partial charge in [-0.1, -0.05) is 30.3 Å². The number of hydrazine groups is 1. The van der Waals surface area contributed by atoms with E-state index in [4.69, 9.17) is 21.7 Å². The van der Waals surface area contributed by atoms with E-state index in [2.05, 4.69) is 16.2 Å². The van der Waals surface area contributed by atoms with Crippen molar-refractivity contribution < 1.29 is 14.3 Å². The molecule has 1 heterocycles. The van der Waals surface area contributed by atoms with Gasteiger partial charge in [0.1, 0.15) is 5.75 Å². The van der Waals surface area contributed by atoms with Crippen molar-refractivity contribution in [2.24, 2.45) is 0 Å². The molecule has 1 saturated heterocycles. The molecule has 0 radical (unpaired) electrons. The van der Waals surface area contributed by atoms with Gasteiger partial charge in [0.15, 0.2) is 11.2 Å². The van der Waals surface area contributed by atoms with Gasteiger partial charge in [-0.2, -0.15) is 0 Å². The summed E-state index contributed by atoms with van der Waals surface area (Å²) >= 11 is 5.14. The molecule has 3 rings (SSSR count). The third-order valence-corrected chi connectivity index (χ3v) is 4.46. The maximum absolute atomic E-state index is 12.2. The number of benzene rings is 2. The maximum Gasteiger partial charge on any atom is 0.279 e. The van der Waals surface area contributed by atoms with E-state index in [9.17, 15) is 4.79 Å². The third-order valence-electron chi connectivity index (χ3n) is 4.22. The molecule has 0 saturated carbocycles. The largest absolute Gasteiger partial charge is 0.481 e. The molecule has 1 amide bonds. The molecule has 6 nitrogen and oxygen atoms in total. The van der Waals surface area contributed by atoms with Crippen LogP contribution in [0.2, 0.25) is 0 Å². The molecule has 0 spiro atoms. The number of hydrogen-bond acceptors (Lipinski definition) is 4. The molecular weight excluding hydrogens is 350 g/mol. The Hall–Kier alpha value is -2.38. The molecule has 3 N–H and O–H groups in total. The third kappa shape index (κ3) is 5.06. The molecule has 1 aliphatic heterocycles. The van der Waals surface area contributed by atoms with Crippen LogP contribution in [-0.2, 0) is 9.53 Å². The SMILES string of the molecule is C[C@H](Oc1ccc2ccccc2c1)C(=O)NNC(=S)NC[C@H]1CCCO1. The van der Waals surface area contributed by atoms with E-state index in [1.165, 1.54) is 0 Å². The first-order chi connectivity index (χ1) is 12.6. The second kappa shape index (κ2) is 8.82. The van der Waals surface area contributed by atoms with Crippen LogP contribution in [0, 0.1) is 0 Å². The van der Waals surface area contributed by atoms with Crippen molar-refractivity contribution in [2.75, 3.05) is 13.2 Å². The summed E-state index contributed by atoms with van der Waals surface area (Å²) in [6, 6.07) is 13.7. The summed E-state index contributed by atoms with van der Waals surface area (Å²) in [5.41, 5.74) is 5.24. The highest BCUT2D eigenvalue weighted by Gasteiger charge is 2.17. The lowest BCUT2D eigenvalue weighted by Crippen LogP contribution is -2.51. The Morgan fingerprint density at radius 3 is 2.85 bits per heavy atom. The Morgan fingerprint density at radius 1 is 1.27 bits per heavy atom. The molecule has 0 aliphatic carbocycles. The zero-order valence-corrected chi connectivity index (χ0v) is 15.5. The van der Waals surface area contributed by atoms with Crippen molar-refractivity contribution in [2.45, 2.75) is 32.0 Å². The van der Waals surface area contributed by atoms with Crippen LogP contribution in [0.4, 0.5) is 0 Å². The highest BCUT2D eigenvalue weighted by molar-refractivity contribution is 7.80. The Balaban J connectivity index is 1.43. The van der Waals surface area contributed by atoms with Crippen molar-refractivity contribution in [3.63, 3.8) is 0 Å². The van der Waals surface area contributed by atoms with Gasteiger partial charge in [-0.05, 0) is 54.9 Å². The average molecular weight is 373 g/mol. The fourth-order valence-electron chi connectivity index (χ4n) is 2.77. The lowest BCUT2D eigenvalue weighted by Gasteiger charge is -2.17. The van der Waals surface area contributed by atoms with Crippen LogP contribution >= 0.6 is 12.2 Å². The molecule has 0 bridgehead atoms. The number of rotatable bonds is 5. The molecule has 0 aromatic heterocycles. The minimum atomic E-state index is -0.662. The van der Waals surface area contributed by atoms with Gasteiger partial charge >= 0.3 is 0 Å².